The smallest absolute Gasteiger partial charge is 0.287 e. The van der Waals surface area contributed by atoms with Crippen LogP contribution in [0.15, 0.2) is 40.8 Å². The quantitative estimate of drug-likeness (QED) is 0.554. The summed E-state index contributed by atoms with van der Waals surface area (Å²) in [6.07, 6.45) is 6.36. The van der Waals surface area contributed by atoms with E-state index in [4.69, 9.17) is 9.15 Å². The van der Waals surface area contributed by atoms with Gasteiger partial charge < -0.3 is 14.5 Å². The van der Waals surface area contributed by atoms with Crippen LogP contribution in [0.1, 0.15) is 80.3 Å². The molecule has 2 aromatic rings. The molecule has 1 fully saturated rings. The summed E-state index contributed by atoms with van der Waals surface area (Å²) >= 11 is 0. The number of hydrogen-bond donors (Lipinski definition) is 1. The Bertz CT molecular complexity index is 814. The van der Waals surface area contributed by atoms with Crippen LogP contribution in [0.25, 0.3) is 0 Å². The molecule has 1 saturated carbocycles. The molecule has 1 amide bonds. The Morgan fingerprint density at radius 1 is 1.06 bits per heavy atom. The second-order valence-electron chi connectivity index (χ2n) is 9.66. The van der Waals surface area contributed by atoms with Crippen molar-refractivity contribution in [2.45, 2.75) is 77.4 Å². The number of furan rings is 1. The first-order valence-corrected chi connectivity index (χ1v) is 11.6. The molecular formula is C26H38N2O3. The van der Waals surface area contributed by atoms with Gasteiger partial charge in [-0.05, 0) is 41.5 Å². The van der Waals surface area contributed by atoms with E-state index in [1.165, 1.54) is 43.2 Å². The maximum absolute atomic E-state index is 12.3. The monoisotopic (exact) mass is 426 g/mol. The lowest BCUT2D eigenvalue weighted by Gasteiger charge is -2.34. The van der Waals surface area contributed by atoms with E-state index in [9.17, 15) is 4.79 Å². The summed E-state index contributed by atoms with van der Waals surface area (Å²) in [7, 11) is 1.62. The zero-order valence-corrected chi connectivity index (χ0v) is 19.6. The van der Waals surface area contributed by atoms with Crippen molar-refractivity contribution in [2.24, 2.45) is 0 Å². The third-order valence-electron chi connectivity index (χ3n) is 6.13. The molecule has 1 aromatic carbocycles. The molecule has 1 aliphatic carbocycles. The molecule has 0 aliphatic heterocycles. The zero-order chi connectivity index (χ0) is 22.3. The topological polar surface area (TPSA) is 54.7 Å². The van der Waals surface area contributed by atoms with E-state index in [1.54, 1.807) is 13.2 Å². The minimum atomic E-state index is -0.190. The lowest BCUT2D eigenvalue weighted by Crippen LogP contribution is -2.35. The Balaban J connectivity index is 1.69. The summed E-state index contributed by atoms with van der Waals surface area (Å²) in [5.41, 5.74) is 2.84. The highest BCUT2D eigenvalue weighted by molar-refractivity contribution is 5.91. The van der Waals surface area contributed by atoms with Gasteiger partial charge in [-0.3, -0.25) is 9.69 Å². The van der Waals surface area contributed by atoms with Crippen LogP contribution in [0.5, 0.6) is 0 Å². The lowest BCUT2D eigenvalue weighted by atomic mass is 9.86. The molecule has 0 atom stereocenters. The van der Waals surface area contributed by atoms with Crippen molar-refractivity contribution in [2.75, 3.05) is 20.3 Å². The van der Waals surface area contributed by atoms with Crippen LogP contribution in [-0.4, -0.2) is 37.1 Å². The van der Waals surface area contributed by atoms with Crippen LogP contribution in [0.2, 0.25) is 0 Å². The number of methoxy groups -OCH3 is 1. The average molecular weight is 427 g/mol. The van der Waals surface area contributed by atoms with Gasteiger partial charge in [0.2, 0.25) is 0 Å². The van der Waals surface area contributed by atoms with Gasteiger partial charge in [-0.25, -0.2) is 0 Å². The van der Waals surface area contributed by atoms with E-state index in [-0.39, 0.29) is 11.3 Å². The Morgan fingerprint density at radius 3 is 2.42 bits per heavy atom. The standard InChI is InChI=1S/C26H38N2O3/c1-26(2,3)21-12-10-20(11-13-21)18-28(22-8-6-5-7-9-22)19-23-14-15-24(31-23)25(29)27-16-17-30-4/h10-15,22H,5-9,16-19H2,1-4H3,(H,27,29). The second kappa shape index (κ2) is 11.0. The van der Waals surface area contributed by atoms with Gasteiger partial charge in [0.15, 0.2) is 5.76 Å². The molecule has 31 heavy (non-hydrogen) atoms. The van der Waals surface area contributed by atoms with Crippen molar-refractivity contribution < 1.29 is 13.9 Å². The molecule has 1 aromatic heterocycles. The van der Waals surface area contributed by atoms with Gasteiger partial charge >= 0.3 is 0 Å². The van der Waals surface area contributed by atoms with Crippen LogP contribution in [-0.2, 0) is 23.2 Å². The number of hydrogen-bond acceptors (Lipinski definition) is 4. The number of nitrogens with one attached hydrogen (secondary N) is 1. The predicted octanol–water partition coefficient (Wildman–Crippen LogP) is 5.29. The number of carbonyl (C=O) groups excluding carboxylic acids is 1. The van der Waals surface area contributed by atoms with Gasteiger partial charge in [-0.1, -0.05) is 64.3 Å². The first kappa shape index (κ1) is 23.6. The van der Waals surface area contributed by atoms with Crippen molar-refractivity contribution in [1.29, 1.82) is 0 Å². The van der Waals surface area contributed by atoms with Gasteiger partial charge in [0.1, 0.15) is 5.76 Å². The van der Waals surface area contributed by atoms with Crippen molar-refractivity contribution in [3.05, 3.63) is 59.0 Å². The van der Waals surface area contributed by atoms with Crippen molar-refractivity contribution in [3.63, 3.8) is 0 Å². The molecule has 0 bridgehead atoms. The molecule has 1 N–H and O–H groups in total. The molecule has 0 radical (unpaired) electrons. The van der Waals surface area contributed by atoms with Crippen LogP contribution in [0.4, 0.5) is 0 Å². The Morgan fingerprint density at radius 2 is 1.77 bits per heavy atom. The van der Waals surface area contributed by atoms with E-state index in [2.05, 4.69) is 55.3 Å². The molecule has 1 aliphatic rings. The van der Waals surface area contributed by atoms with Crippen LogP contribution in [0.3, 0.4) is 0 Å². The van der Waals surface area contributed by atoms with E-state index in [0.717, 1.165) is 18.8 Å². The minimum absolute atomic E-state index is 0.163. The summed E-state index contributed by atoms with van der Waals surface area (Å²) < 4.78 is 10.9. The SMILES string of the molecule is COCCNC(=O)c1ccc(CN(Cc2ccc(C(C)(C)C)cc2)C2CCCCC2)o1. The van der Waals surface area contributed by atoms with E-state index >= 15 is 0 Å². The Hall–Kier alpha value is -2.11. The van der Waals surface area contributed by atoms with Crippen LogP contribution >= 0.6 is 0 Å². The number of amides is 1. The third kappa shape index (κ3) is 6.94. The highest BCUT2D eigenvalue weighted by Crippen LogP contribution is 2.27. The fourth-order valence-corrected chi connectivity index (χ4v) is 4.24. The van der Waals surface area contributed by atoms with Crippen LogP contribution < -0.4 is 5.32 Å². The first-order valence-electron chi connectivity index (χ1n) is 11.6. The Labute approximate surface area is 187 Å². The maximum Gasteiger partial charge on any atom is 0.287 e. The molecule has 0 saturated heterocycles. The number of ether oxygens (including phenoxy) is 1. The highest BCUT2D eigenvalue weighted by atomic mass is 16.5. The van der Waals surface area contributed by atoms with E-state index in [1.807, 2.05) is 6.07 Å². The average Bonchev–Trinajstić information content (AvgIpc) is 3.22. The molecular weight excluding hydrogens is 388 g/mol. The van der Waals surface area contributed by atoms with E-state index in [0.29, 0.717) is 25.0 Å². The molecule has 3 rings (SSSR count). The van der Waals surface area contributed by atoms with Crippen molar-refractivity contribution in [3.8, 4) is 0 Å². The lowest BCUT2D eigenvalue weighted by molar-refractivity contribution is 0.0900. The summed E-state index contributed by atoms with van der Waals surface area (Å²) in [5.74, 6) is 1.02. The zero-order valence-electron chi connectivity index (χ0n) is 19.6. The van der Waals surface area contributed by atoms with Crippen LogP contribution in [0, 0.1) is 0 Å². The number of benzene rings is 1. The highest BCUT2D eigenvalue weighted by Gasteiger charge is 2.23. The summed E-state index contributed by atoms with van der Waals surface area (Å²) in [6.45, 7) is 9.32. The first-order chi connectivity index (χ1) is 14.9. The van der Waals surface area contributed by atoms with Gasteiger partial charge in [0.05, 0.1) is 13.2 Å². The van der Waals surface area contributed by atoms with Gasteiger partial charge in [0, 0.05) is 26.2 Å². The molecule has 0 unspecified atom stereocenters. The number of carbonyl (C=O) groups is 1. The predicted molar refractivity (Wildman–Crippen MR) is 124 cm³/mol. The molecule has 5 heteroatoms. The fraction of sp³-hybridized carbons (Fsp3) is 0.577. The second-order valence-corrected chi connectivity index (χ2v) is 9.66. The van der Waals surface area contributed by atoms with Crippen molar-refractivity contribution in [1.82, 2.24) is 10.2 Å². The molecule has 1 heterocycles. The Kier molecular flexibility index (Phi) is 8.33. The summed E-state index contributed by atoms with van der Waals surface area (Å²) in [4.78, 5) is 14.8. The molecule has 5 nitrogen and oxygen atoms in total. The minimum Gasteiger partial charge on any atom is -0.455 e. The molecule has 170 valence electrons. The number of rotatable bonds is 9. The fourth-order valence-electron chi connectivity index (χ4n) is 4.24. The largest absolute Gasteiger partial charge is 0.455 e. The molecule has 0 spiro atoms. The van der Waals surface area contributed by atoms with Crippen molar-refractivity contribution >= 4 is 5.91 Å². The maximum atomic E-state index is 12.3. The number of nitrogens with zero attached hydrogens (tertiary/aromatic N) is 1. The summed E-state index contributed by atoms with van der Waals surface area (Å²) in [6, 6.07) is 13.3. The normalized spacial score (nSPS) is 15.4. The third-order valence-corrected chi connectivity index (χ3v) is 6.13. The summed E-state index contributed by atoms with van der Waals surface area (Å²) in [5, 5.41) is 2.82. The van der Waals surface area contributed by atoms with Gasteiger partial charge in [0.25, 0.3) is 5.91 Å². The van der Waals surface area contributed by atoms with Gasteiger partial charge in [-0.15, -0.1) is 0 Å². The van der Waals surface area contributed by atoms with E-state index < -0.39 is 0 Å². The van der Waals surface area contributed by atoms with Gasteiger partial charge in [-0.2, -0.15) is 0 Å².